The molecule has 1 saturated heterocycles. The van der Waals surface area contributed by atoms with E-state index >= 15 is 0 Å². The van der Waals surface area contributed by atoms with Crippen molar-refractivity contribution in [1.29, 1.82) is 0 Å². The topological polar surface area (TPSA) is 143 Å². The highest BCUT2D eigenvalue weighted by Crippen LogP contribution is 2.29. The lowest BCUT2D eigenvalue weighted by atomic mass is 9.99. The average Bonchev–Trinajstić information content (AvgIpc) is 3.23. The molecule has 3 unspecified atom stereocenters. The van der Waals surface area contributed by atoms with Crippen molar-refractivity contribution in [2.45, 2.75) is 38.8 Å². The van der Waals surface area contributed by atoms with Crippen molar-refractivity contribution < 1.29 is 28.7 Å². The molecule has 1 aromatic rings. The number of fused-ring (bicyclic) bond motifs is 1. The summed E-state index contributed by atoms with van der Waals surface area (Å²) in [6.45, 7) is 3.74. The quantitative estimate of drug-likeness (QED) is 0.343. The number of halogens is 1. The Bertz CT molecular complexity index is 1040. The molecule has 4 N–H and O–H groups in total. The van der Waals surface area contributed by atoms with Crippen LogP contribution in [0.1, 0.15) is 32.3 Å². The summed E-state index contributed by atoms with van der Waals surface area (Å²) in [5.74, 6) is -1.71. The first-order chi connectivity index (χ1) is 16.7. The number of nitrogens with one attached hydrogen (secondary N) is 4. The van der Waals surface area contributed by atoms with Crippen LogP contribution in [-0.4, -0.2) is 61.7 Å². The maximum Gasteiger partial charge on any atom is 0.251 e. The second-order valence-electron chi connectivity index (χ2n) is 8.88. The van der Waals surface area contributed by atoms with Gasteiger partial charge in [0.25, 0.3) is 5.91 Å². The number of amides is 4. The Hall–Kier alpha value is -3.40. The fourth-order valence-corrected chi connectivity index (χ4v) is 4.09. The van der Waals surface area contributed by atoms with Crippen LogP contribution >= 0.6 is 11.6 Å². The first kappa shape index (κ1) is 26.2. The molecule has 188 valence electrons. The highest BCUT2D eigenvalue weighted by Gasteiger charge is 2.29. The van der Waals surface area contributed by atoms with Gasteiger partial charge >= 0.3 is 0 Å². The minimum atomic E-state index is -0.902. The zero-order valence-corrected chi connectivity index (χ0v) is 20.3. The SMILES string of the molecule is CC(C)C(NC(=O)C1=Cc2cc(Cl)ccc2OC1)C(=O)NCC(=O)NC(C=O)CC1CCNC1=O. The Balaban J connectivity index is 1.53. The molecule has 1 fully saturated rings. The molecule has 10 nitrogen and oxygen atoms in total. The van der Waals surface area contributed by atoms with Crippen molar-refractivity contribution in [3.8, 4) is 5.75 Å². The normalized spacial score (nSPS) is 18.3. The first-order valence-corrected chi connectivity index (χ1v) is 11.8. The van der Waals surface area contributed by atoms with E-state index in [4.69, 9.17) is 16.3 Å². The van der Waals surface area contributed by atoms with E-state index in [0.717, 1.165) is 0 Å². The Morgan fingerprint density at radius 2 is 2.03 bits per heavy atom. The molecule has 0 bridgehead atoms. The van der Waals surface area contributed by atoms with Gasteiger partial charge in [0.2, 0.25) is 17.7 Å². The number of hydrogen-bond donors (Lipinski definition) is 4. The summed E-state index contributed by atoms with van der Waals surface area (Å²) in [7, 11) is 0. The van der Waals surface area contributed by atoms with Gasteiger partial charge in [0.1, 0.15) is 24.7 Å². The fraction of sp³-hybridized carbons (Fsp3) is 0.458. The standard InChI is InChI=1S/C24H29ClN4O6/c1-13(2)21(29-23(33)16-7-15-8-17(25)3-4-19(15)35-12-16)24(34)27-10-20(31)28-18(11-30)9-14-5-6-26-22(14)32/h3-4,7-8,11,13-14,18,21H,5-6,9-10,12H2,1-2H3,(H,26,32)(H,27,34)(H,28,31)(H,29,33). The first-order valence-electron chi connectivity index (χ1n) is 11.4. The second kappa shape index (κ2) is 11.8. The van der Waals surface area contributed by atoms with Crippen LogP contribution in [0.5, 0.6) is 5.75 Å². The van der Waals surface area contributed by atoms with Gasteiger partial charge in [0, 0.05) is 23.0 Å². The predicted octanol–water partition coefficient (Wildman–Crippen LogP) is 0.583. The predicted molar refractivity (Wildman–Crippen MR) is 128 cm³/mol. The lowest BCUT2D eigenvalue weighted by Crippen LogP contribution is -2.52. The minimum absolute atomic E-state index is 0.0431. The molecule has 0 radical (unpaired) electrons. The van der Waals surface area contributed by atoms with Crippen molar-refractivity contribution >= 4 is 47.6 Å². The van der Waals surface area contributed by atoms with E-state index in [1.165, 1.54) is 0 Å². The van der Waals surface area contributed by atoms with E-state index in [2.05, 4.69) is 21.3 Å². The van der Waals surface area contributed by atoms with Crippen molar-refractivity contribution in [2.24, 2.45) is 11.8 Å². The number of hydrogen-bond acceptors (Lipinski definition) is 6. The highest BCUT2D eigenvalue weighted by atomic mass is 35.5. The molecular weight excluding hydrogens is 476 g/mol. The molecule has 2 heterocycles. The molecular formula is C24H29ClN4O6. The molecule has 4 amide bonds. The largest absolute Gasteiger partial charge is 0.488 e. The van der Waals surface area contributed by atoms with Gasteiger partial charge < -0.3 is 30.8 Å². The maximum atomic E-state index is 12.8. The van der Waals surface area contributed by atoms with Gasteiger partial charge in [-0.2, -0.15) is 0 Å². The van der Waals surface area contributed by atoms with Gasteiger partial charge in [-0.3, -0.25) is 19.2 Å². The third-order valence-corrected chi connectivity index (χ3v) is 6.08. The Labute approximate surface area is 208 Å². The van der Waals surface area contributed by atoms with Crippen LogP contribution in [0.3, 0.4) is 0 Å². The third kappa shape index (κ3) is 7.05. The summed E-state index contributed by atoms with van der Waals surface area (Å²) in [5.41, 5.74) is 0.997. The van der Waals surface area contributed by atoms with Gasteiger partial charge in [0.05, 0.1) is 18.2 Å². The van der Waals surface area contributed by atoms with Crippen LogP contribution in [0, 0.1) is 11.8 Å². The van der Waals surface area contributed by atoms with Crippen LogP contribution in [0.15, 0.2) is 23.8 Å². The van der Waals surface area contributed by atoms with E-state index < -0.39 is 29.8 Å². The number of carbonyl (C=O) groups is 5. The number of aldehydes is 1. The number of benzene rings is 1. The van der Waals surface area contributed by atoms with Crippen LogP contribution < -0.4 is 26.0 Å². The van der Waals surface area contributed by atoms with Gasteiger partial charge in [-0.25, -0.2) is 0 Å². The fourth-order valence-electron chi connectivity index (χ4n) is 3.91. The molecule has 0 saturated carbocycles. The van der Waals surface area contributed by atoms with Crippen molar-refractivity contribution in [3.05, 3.63) is 34.4 Å². The van der Waals surface area contributed by atoms with E-state index in [1.807, 2.05) is 0 Å². The summed E-state index contributed by atoms with van der Waals surface area (Å²) in [6, 6.07) is 3.36. The summed E-state index contributed by atoms with van der Waals surface area (Å²) in [4.78, 5) is 60.8. The summed E-state index contributed by atoms with van der Waals surface area (Å²) in [6.07, 6.45) is 3.04. The molecule has 1 aromatic carbocycles. The lowest BCUT2D eigenvalue weighted by Gasteiger charge is -2.24. The van der Waals surface area contributed by atoms with Crippen LogP contribution in [-0.2, 0) is 24.0 Å². The summed E-state index contributed by atoms with van der Waals surface area (Å²) >= 11 is 6.01. The minimum Gasteiger partial charge on any atom is -0.488 e. The third-order valence-electron chi connectivity index (χ3n) is 5.85. The molecule has 2 aliphatic heterocycles. The van der Waals surface area contributed by atoms with E-state index in [-0.39, 0.29) is 37.3 Å². The zero-order valence-electron chi connectivity index (χ0n) is 19.6. The smallest absolute Gasteiger partial charge is 0.251 e. The molecule has 3 atom stereocenters. The molecule has 3 rings (SSSR count). The summed E-state index contributed by atoms with van der Waals surface area (Å²) in [5, 5.41) is 10.9. The Morgan fingerprint density at radius 1 is 1.26 bits per heavy atom. The van der Waals surface area contributed by atoms with E-state index in [0.29, 0.717) is 41.2 Å². The van der Waals surface area contributed by atoms with Crippen LogP contribution in [0.4, 0.5) is 0 Å². The number of ether oxygens (including phenoxy) is 1. The molecule has 0 aromatic heterocycles. The van der Waals surface area contributed by atoms with Crippen LogP contribution in [0.2, 0.25) is 5.02 Å². The van der Waals surface area contributed by atoms with E-state index in [9.17, 15) is 24.0 Å². The van der Waals surface area contributed by atoms with Crippen molar-refractivity contribution in [3.63, 3.8) is 0 Å². The molecule has 11 heteroatoms. The van der Waals surface area contributed by atoms with Gasteiger partial charge in [-0.1, -0.05) is 25.4 Å². The van der Waals surface area contributed by atoms with E-state index in [1.54, 1.807) is 38.1 Å². The zero-order chi connectivity index (χ0) is 25.5. The average molecular weight is 505 g/mol. The Kier molecular flexibility index (Phi) is 8.86. The number of carbonyl (C=O) groups excluding carboxylic acids is 5. The van der Waals surface area contributed by atoms with Gasteiger partial charge in [-0.05, 0) is 43.0 Å². The Morgan fingerprint density at radius 3 is 2.69 bits per heavy atom. The molecule has 0 spiro atoms. The molecule has 0 aliphatic carbocycles. The molecule has 35 heavy (non-hydrogen) atoms. The van der Waals surface area contributed by atoms with Crippen molar-refractivity contribution in [1.82, 2.24) is 21.3 Å². The highest BCUT2D eigenvalue weighted by molar-refractivity contribution is 6.30. The number of rotatable bonds is 10. The lowest BCUT2D eigenvalue weighted by molar-refractivity contribution is -0.131. The van der Waals surface area contributed by atoms with Gasteiger partial charge in [0.15, 0.2) is 0 Å². The monoisotopic (exact) mass is 504 g/mol. The van der Waals surface area contributed by atoms with Crippen molar-refractivity contribution in [2.75, 3.05) is 19.7 Å². The summed E-state index contributed by atoms with van der Waals surface area (Å²) < 4.78 is 5.60. The van der Waals surface area contributed by atoms with Gasteiger partial charge in [-0.15, -0.1) is 0 Å². The second-order valence-corrected chi connectivity index (χ2v) is 9.31. The molecule has 2 aliphatic rings. The van der Waals surface area contributed by atoms with Crippen LogP contribution in [0.25, 0.3) is 6.08 Å². The maximum absolute atomic E-state index is 12.8.